The molecule has 0 bridgehead atoms. The largest absolute Gasteiger partial charge is 0.353 e. The van der Waals surface area contributed by atoms with Crippen molar-refractivity contribution < 1.29 is 13.2 Å². The Morgan fingerprint density at radius 3 is 2.52 bits per heavy atom. The van der Waals surface area contributed by atoms with Gasteiger partial charge in [0, 0.05) is 25.3 Å². The van der Waals surface area contributed by atoms with Crippen molar-refractivity contribution in [3.63, 3.8) is 0 Å². The molecule has 1 aliphatic rings. The minimum Gasteiger partial charge on any atom is -0.353 e. The van der Waals surface area contributed by atoms with Crippen LogP contribution in [0.15, 0.2) is 29.2 Å². The lowest BCUT2D eigenvalue weighted by molar-refractivity contribution is 0.0945. The lowest BCUT2D eigenvalue weighted by Crippen LogP contribution is -2.36. The molecule has 1 aliphatic heterocycles. The summed E-state index contributed by atoms with van der Waals surface area (Å²) in [6.07, 6.45) is 2.82. The van der Waals surface area contributed by atoms with Gasteiger partial charge in [-0.25, -0.2) is 8.42 Å². The van der Waals surface area contributed by atoms with Gasteiger partial charge in [-0.2, -0.15) is 4.31 Å². The van der Waals surface area contributed by atoms with E-state index in [1.807, 2.05) is 31.2 Å². The van der Waals surface area contributed by atoms with Crippen LogP contribution >= 0.6 is 0 Å². The van der Waals surface area contributed by atoms with Gasteiger partial charge >= 0.3 is 0 Å². The van der Waals surface area contributed by atoms with Crippen LogP contribution in [0.4, 0.5) is 0 Å². The number of nitrogens with one attached hydrogen (secondary N) is 2. The molecule has 0 saturated carbocycles. The number of aryl methyl sites for hydroxylation is 2. The van der Waals surface area contributed by atoms with Gasteiger partial charge in [-0.3, -0.25) is 4.79 Å². The number of piperidine rings is 1. The lowest BCUT2D eigenvalue weighted by atomic mass is 10.1. The number of carbonyl (C=O) groups is 1. The van der Waals surface area contributed by atoms with Crippen molar-refractivity contribution in [1.29, 1.82) is 0 Å². The molecule has 27 heavy (non-hydrogen) atoms. The Kier molecular flexibility index (Phi) is 5.72. The van der Waals surface area contributed by atoms with Crippen molar-refractivity contribution >= 4 is 15.9 Å². The summed E-state index contributed by atoms with van der Waals surface area (Å²) in [6, 6.07) is 7.91. The summed E-state index contributed by atoms with van der Waals surface area (Å²) in [4.78, 5) is 15.9. The van der Waals surface area contributed by atoms with Crippen LogP contribution in [0, 0.1) is 20.8 Å². The first-order chi connectivity index (χ1) is 12.8. The fraction of sp³-hybridized carbons (Fsp3) is 0.450. The number of nitrogens with zero attached hydrogens (tertiary/aromatic N) is 1. The molecule has 0 atom stereocenters. The predicted molar refractivity (Wildman–Crippen MR) is 105 cm³/mol. The van der Waals surface area contributed by atoms with Crippen LogP contribution in [0.1, 0.15) is 52.1 Å². The van der Waals surface area contributed by atoms with Gasteiger partial charge < -0.3 is 10.3 Å². The van der Waals surface area contributed by atoms with Crippen LogP contribution in [-0.2, 0) is 16.6 Å². The lowest BCUT2D eigenvalue weighted by Gasteiger charge is -2.26. The Morgan fingerprint density at radius 2 is 1.85 bits per heavy atom. The maximum atomic E-state index is 13.1. The van der Waals surface area contributed by atoms with Crippen molar-refractivity contribution in [2.75, 3.05) is 13.1 Å². The van der Waals surface area contributed by atoms with Gasteiger partial charge in [0.1, 0.15) is 10.6 Å². The minimum atomic E-state index is -3.59. The molecule has 2 N–H and O–H groups in total. The zero-order valence-corrected chi connectivity index (χ0v) is 16.9. The maximum Gasteiger partial charge on any atom is 0.268 e. The van der Waals surface area contributed by atoms with Gasteiger partial charge in [0.15, 0.2) is 0 Å². The second-order valence-corrected chi connectivity index (χ2v) is 9.09. The molecule has 7 heteroatoms. The van der Waals surface area contributed by atoms with Gasteiger partial charge in [-0.15, -0.1) is 0 Å². The quantitative estimate of drug-likeness (QED) is 0.825. The first kappa shape index (κ1) is 19.6. The summed E-state index contributed by atoms with van der Waals surface area (Å²) < 4.78 is 27.6. The van der Waals surface area contributed by atoms with Crippen molar-refractivity contribution in [2.24, 2.45) is 0 Å². The number of rotatable bonds is 5. The van der Waals surface area contributed by atoms with Gasteiger partial charge in [-0.1, -0.05) is 36.2 Å². The summed E-state index contributed by atoms with van der Waals surface area (Å²) in [5.74, 6) is -0.294. The molecular weight excluding hydrogens is 362 g/mol. The van der Waals surface area contributed by atoms with E-state index < -0.39 is 10.0 Å². The highest BCUT2D eigenvalue weighted by Crippen LogP contribution is 2.28. The molecule has 0 unspecified atom stereocenters. The number of benzene rings is 1. The molecule has 146 valence electrons. The molecule has 1 aromatic heterocycles. The molecule has 3 rings (SSSR count). The number of carbonyl (C=O) groups excluding carboxylic acids is 1. The summed E-state index contributed by atoms with van der Waals surface area (Å²) >= 11 is 0. The van der Waals surface area contributed by atoms with Crippen LogP contribution in [0.3, 0.4) is 0 Å². The Labute approximate surface area is 161 Å². The highest BCUT2D eigenvalue weighted by atomic mass is 32.2. The Morgan fingerprint density at radius 1 is 1.15 bits per heavy atom. The number of aromatic nitrogens is 1. The summed E-state index contributed by atoms with van der Waals surface area (Å²) in [5.41, 5.74) is 3.45. The molecular formula is C20H27N3O3S. The van der Waals surface area contributed by atoms with Crippen LogP contribution in [0.2, 0.25) is 0 Å². The van der Waals surface area contributed by atoms with E-state index in [0.29, 0.717) is 36.6 Å². The van der Waals surface area contributed by atoms with E-state index in [0.717, 1.165) is 30.4 Å². The van der Waals surface area contributed by atoms with Crippen LogP contribution < -0.4 is 5.32 Å². The van der Waals surface area contributed by atoms with E-state index in [1.165, 1.54) is 4.31 Å². The number of H-pyrrole nitrogens is 1. The van der Waals surface area contributed by atoms with Crippen LogP contribution in [0.5, 0.6) is 0 Å². The van der Waals surface area contributed by atoms with Crippen molar-refractivity contribution in [3.8, 4) is 0 Å². The molecule has 1 fully saturated rings. The third-order valence-electron chi connectivity index (χ3n) is 5.04. The maximum absolute atomic E-state index is 13.1. The summed E-state index contributed by atoms with van der Waals surface area (Å²) in [7, 11) is -3.59. The molecule has 1 amide bonds. The van der Waals surface area contributed by atoms with Gasteiger partial charge in [-0.05, 0) is 44.7 Å². The Balaban J connectivity index is 1.81. The summed E-state index contributed by atoms with van der Waals surface area (Å²) in [6.45, 7) is 6.89. The minimum absolute atomic E-state index is 0.241. The van der Waals surface area contributed by atoms with E-state index in [2.05, 4.69) is 10.3 Å². The van der Waals surface area contributed by atoms with Gasteiger partial charge in [0.05, 0.1) is 0 Å². The highest BCUT2D eigenvalue weighted by molar-refractivity contribution is 7.89. The van der Waals surface area contributed by atoms with Crippen molar-refractivity contribution in [2.45, 2.75) is 51.5 Å². The molecule has 1 aromatic carbocycles. The topological polar surface area (TPSA) is 82.3 Å². The molecule has 2 heterocycles. The number of hydrogen-bond donors (Lipinski definition) is 2. The number of amides is 1. The first-order valence-electron chi connectivity index (χ1n) is 9.34. The van der Waals surface area contributed by atoms with E-state index in [4.69, 9.17) is 0 Å². The zero-order valence-electron chi connectivity index (χ0n) is 16.1. The van der Waals surface area contributed by atoms with Crippen LogP contribution in [-0.4, -0.2) is 36.7 Å². The summed E-state index contributed by atoms with van der Waals surface area (Å²) in [5, 5.41) is 2.88. The standard InChI is InChI=1S/C20H27N3O3S/c1-14-8-7-9-17(12-14)13-21-20(24)18-15(2)19(16(3)22-18)27(25,26)23-10-5-4-6-11-23/h7-9,12,22H,4-6,10-11,13H2,1-3H3,(H,21,24). The fourth-order valence-electron chi connectivity index (χ4n) is 3.67. The third kappa shape index (κ3) is 4.09. The molecule has 0 aliphatic carbocycles. The first-order valence-corrected chi connectivity index (χ1v) is 10.8. The third-order valence-corrected chi connectivity index (χ3v) is 7.22. The number of hydrogen-bond acceptors (Lipinski definition) is 3. The number of aromatic amines is 1. The number of sulfonamides is 1. The predicted octanol–water partition coefficient (Wildman–Crippen LogP) is 3.04. The second-order valence-electron chi connectivity index (χ2n) is 7.22. The van der Waals surface area contributed by atoms with Crippen molar-refractivity contribution in [3.05, 3.63) is 52.3 Å². The highest BCUT2D eigenvalue weighted by Gasteiger charge is 2.32. The van der Waals surface area contributed by atoms with Crippen molar-refractivity contribution in [1.82, 2.24) is 14.6 Å². The van der Waals surface area contributed by atoms with E-state index in [-0.39, 0.29) is 10.8 Å². The Hall–Kier alpha value is -2.12. The van der Waals surface area contributed by atoms with E-state index in [9.17, 15) is 13.2 Å². The second kappa shape index (κ2) is 7.86. The monoisotopic (exact) mass is 389 g/mol. The average Bonchev–Trinajstić information content (AvgIpc) is 2.95. The molecule has 1 saturated heterocycles. The van der Waals surface area contributed by atoms with E-state index >= 15 is 0 Å². The average molecular weight is 390 g/mol. The Bertz CT molecular complexity index is 941. The molecule has 6 nitrogen and oxygen atoms in total. The SMILES string of the molecule is Cc1cccc(CNC(=O)c2[nH]c(C)c(S(=O)(=O)N3CCCCC3)c2C)c1. The van der Waals surface area contributed by atoms with E-state index in [1.54, 1.807) is 13.8 Å². The van der Waals surface area contributed by atoms with Gasteiger partial charge in [0.2, 0.25) is 10.0 Å². The normalized spacial score (nSPS) is 15.7. The molecule has 0 radical (unpaired) electrons. The fourth-order valence-corrected chi connectivity index (χ4v) is 5.60. The smallest absolute Gasteiger partial charge is 0.268 e. The zero-order chi connectivity index (χ0) is 19.6. The molecule has 2 aromatic rings. The van der Waals surface area contributed by atoms with Crippen LogP contribution in [0.25, 0.3) is 0 Å². The van der Waals surface area contributed by atoms with Gasteiger partial charge in [0.25, 0.3) is 5.91 Å². The molecule has 0 spiro atoms.